The molecule has 0 radical (unpaired) electrons. The van der Waals surface area contributed by atoms with Gasteiger partial charge < -0.3 is 5.32 Å². The lowest BCUT2D eigenvalue weighted by atomic mass is 10.2. The van der Waals surface area contributed by atoms with Crippen molar-refractivity contribution in [2.75, 3.05) is 6.26 Å². The second kappa shape index (κ2) is 5.27. The minimum atomic E-state index is -3.39. The van der Waals surface area contributed by atoms with Crippen LogP contribution >= 0.6 is 0 Å². The molecule has 0 aliphatic carbocycles. The second-order valence-electron chi connectivity index (χ2n) is 3.82. The Bertz CT molecular complexity index is 496. The molecule has 1 N–H and O–H groups in total. The smallest absolute Gasteiger partial charge is 0.238 e. The van der Waals surface area contributed by atoms with Crippen LogP contribution in [0.1, 0.15) is 12.5 Å². The van der Waals surface area contributed by atoms with E-state index in [1.54, 1.807) is 0 Å². The summed E-state index contributed by atoms with van der Waals surface area (Å²) in [5.74, 6) is -0.915. The van der Waals surface area contributed by atoms with Crippen LogP contribution in [0, 0.1) is 5.82 Å². The van der Waals surface area contributed by atoms with Gasteiger partial charge in [0.15, 0.2) is 9.84 Å². The standard InChI is InChI=1S/C11H14FNO3S/c1-8(17(2,15)16)11(14)13-7-9-3-5-10(12)6-4-9/h3-6,8H,7H2,1-2H3,(H,13,14). The van der Waals surface area contributed by atoms with E-state index >= 15 is 0 Å². The van der Waals surface area contributed by atoms with E-state index in [1.807, 2.05) is 0 Å². The van der Waals surface area contributed by atoms with Crippen molar-refractivity contribution in [1.29, 1.82) is 0 Å². The van der Waals surface area contributed by atoms with Crippen molar-refractivity contribution in [3.63, 3.8) is 0 Å². The summed E-state index contributed by atoms with van der Waals surface area (Å²) in [6.45, 7) is 1.51. The van der Waals surface area contributed by atoms with Gasteiger partial charge in [0.05, 0.1) is 0 Å². The Balaban J connectivity index is 2.57. The van der Waals surface area contributed by atoms with Crippen molar-refractivity contribution in [2.45, 2.75) is 18.7 Å². The zero-order valence-electron chi connectivity index (χ0n) is 9.60. The Morgan fingerprint density at radius 2 is 1.88 bits per heavy atom. The van der Waals surface area contributed by atoms with E-state index in [0.717, 1.165) is 6.26 Å². The van der Waals surface area contributed by atoms with E-state index in [1.165, 1.54) is 31.2 Å². The number of carbonyl (C=O) groups is 1. The van der Waals surface area contributed by atoms with Crippen molar-refractivity contribution >= 4 is 15.7 Å². The van der Waals surface area contributed by atoms with E-state index < -0.39 is 21.0 Å². The van der Waals surface area contributed by atoms with Crippen LogP contribution in [0.5, 0.6) is 0 Å². The van der Waals surface area contributed by atoms with Crippen molar-refractivity contribution in [2.24, 2.45) is 0 Å². The molecule has 0 fully saturated rings. The molecule has 0 spiro atoms. The molecule has 1 amide bonds. The van der Waals surface area contributed by atoms with Crippen molar-refractivity contribution in [3.8, 4) is 0 Å². The molecule has 0 bridgehead atoms. The van der Waals surface area contributed by atoms with E-state index in [0.29, 0.717) is 5.56 Å². The molecule has 1 unspecified atom stereocenters. The first-order valence-electron chi connectivity index (χ1n) is 5.01. The SMILES string of the molecule is CC(C(=O)NCc1ccc(F)cc1)S(C)(=O)=O. The van der Waals surface area contributed by atoms with Gasteiger partial charge in [-0.2, -0.15) is 0 Å². The molecule has 1 rings (SSSR count). The average Bonchev–Trinajstić information content (AvgIpc) is 2.25. The van der Waals surface area contributed by atoms with Gasteiger partial charge in [-0.3, -0.25) is 4.79 Å². The molecule has 4 nitrogen and oxygen atoms in total. The molecule has 0 heterocycles. The summed E-state index contributed by atoms with van der Waals surface area (Å²) in [4.78, 5) is 11.5. The first kappa shape index (κ1) is 13.6. The molecule has 0 aromatic heterocycles. The molecule has 0 aliphatic rings. The number of rotatable bonds is 4. The van der Waals surface area contributed by atoms with Gasteiger partial charge in [0, 0.05) is 12.8 Å². The fourth-order valence-corrected chi connectivity index (χ4v) is 1.60. The summed E-state index contributed by atoms with van der Waals surface area (Å²) < 4.78 is 34.8. The lowest BCUT2D eigenvalue weighted by Gasteiger charge is -2.10. The highest BCUT2D eigenvalue weighted by Crippen LogP contribution is 2.03. The van der Waals surface area contributed by atoms with Crippen LogP contribution in [0.25, 0.3) is 0 Å². The zero-order chi connectivity index (χ0) is 13.1. The van der Waals surface area contributed by atoms with Crippen molar-refractivity contribution in [1.82, 2.24) is 5.32 Å². The predicted molar refractivity (Wildman–Crippen MR) is 62.6 cm³/mol. The first-order valence-corrected chi connectivity index (χ1v) is 6.97. The second-order valence-corrected chi connectivity index (χ2v) is 6.18. The summed E-state index contributed by atoms with van der Waals surface area (Å²) in [7, 11) is -3.39. The summed E-state index contributed by atoms with van der Waals surface area (Å²) in [5, 5.41) is 1.40. The van der Waals surface area contributed by atoms with Crippen LogP contribution in [0.4, 0.5) is 4.39 Å². The van der Waals surface area contributed by atoms with Gasteiger partial charge in [-0.25, -0.2) is 12.8 Å². The number of sulfone groups is 1. The molecule has 94 valence electrons. The zero-order valence-corrected chi connectivity index (χ0v) is 10.4. The Morgan fingerprint density at radius 3 is 2.35 bits per heavy atom. The van der Waals surface area contributed by atoms with Crippen LogP contribution in [0.2, 0.25) is 0 Å². The maximum absolute atomic E-state index is 12.6. The minimum absolute atomic E-state index is 0.180. The summed E-state index contributed by atoms with van der Waals surface area (Å²) in [6.07, 6.45) is 1.01. The maximum atomic E-state index is 12.6. The lowest BCUT2D eigenvalue weighted by molar-refractivity contribution is -0.120. The lowest BCUT2D eigenvalue weighted by Crippen LogP contribution is -2.36. The topological polar surface area (TPSA) is 63.2 Å². The quantitative estimate of drug-likeness (QED) is 0.873. The minimum Gasteiger partial charge on any atom is -0.351 e. The van der Waals surface area contributed by atoms with Crippen LogP contribution in [0.3, 0.4) is 0 Å². The van der Waals surface area contributed by atoms with Crippen LogP contribution in [-0.2, 0) is 21.2 Å². The number of carbonyl (C=O) groups excluding carboxylic acids is 1. The largest absolute Gasteiger partial charge is 0.351 e. The summed E-state index contributed by atoms with van der Waals surface area (Å²) in [6, 6.07) is 5.62. The highest BCUT2D eigenvalue weighted by Gasteiger charge is 2.22. The molecule has 0 saturated carbocycles. The average molecular weight is 259 g/mol. The van der Waals surface area contributed by atoms with Crippen LogP contribution in [0.15, 0.2) is 24.3 Å². The van der Waals surface area contributed by atoms with Gasteiger partial charge in [0.2, 0.25) is 5.91 Å². The number of benzene rings is 1. The predicted octanol–water partition coefficient (Wildman–Crippen LogP) is 0.875. The number of nitrogens with one attached hydrogen (secondary N) is 1. The first-order chi connectivity index (χ1) is 7.80. The van der Waals surface area contributed by atoms with Gasteiger partial charge in [-0.05, 0) is 24.6 Å². The molecule has 0 aliphatic heterocycles. The third-order valence-electron chi connectivity index (χ3n) is 2.39. The third kappa shape index (κ3) is 4.14. The molecular formula is C11H14FNO3S. The number of hydrogen-bond acceptors (Lipinski definition) is 3. The summed E-state index contributed by atoms with van der Waals surface area (Å²) in [5.41, 5.74) is 0.709. The number of hydrogen-bond donors (Lipinski definition) is 1. The van der Waals surface area contributed by atoms with E-state index in [9.17, 15) is 17.6 Å². The molecule has 6 heteroatoms. The van der Waals surface area contributed by atoms with E-state index in [-0.39, 0.29) is 12.4 Å². The Labute approximate surface area is 99.8 Å². The van der Waals surface area contributed by atoms with Gasteiger partial charge in [-0.1, -0.05) is 12.1 Å². The Morgan fingerprint density at radius 1 is 1.35 bits per heavy atom. The Kier molecular flexibility index (Phi) is 4.22. The summed E-state index contributed by atoms with van der Waals surface area (Å²) >= 11 is 0. The number of halogens is 1. The molecule has 1 aromatic rings. The molecule has 17 heavy (non-hydrogen) atoms. The molecular weight excluding hydrogens is 245 g/mol. The van der Waals surface area contributed by atoms with Crippen molar-refractivity contribution in [3.05, 3.63) is 35.6 Å². The van der Waals surface area contributed by atoms with Gasteiger partial charge in [0.25, 0.3) is 0 Å². The fraction of sp³-hybridized carbons (Fsp3) is 0.364. The fourth-order valence-electron chi connectivity index (χ4n) is 1.13. The third-order valence-corrected chi connectivity index (χ3v) is 3.89. The highest BCUT2D eigenvalue weighted by atomic mass is 32.2. The molecule has 1 atom stereocenters. The maximum Gasteiger partial charge on any atom is 0.238 e. The molecule has 0 saturated heterocycles. The van der Waals surface area contributed by atoms with Crippen LogP contribution in [-0.4, -0.2) is 25.8 Å². The van der Waals surface area contributed by atoms with E-state index in [4.69, 9.17) is 0 Å². The van der Waals surface area contributed by atoms with Gasteiger partial charge in [0.1, 0.15) is 11.1 Å². The normalized spacial score (nSPS) is 13.1. The van der Waals surface area contributed by atoms with E-state index in [2.05, 4.69) is 5.32 Å². The Hall–Kier alpha value is -1.43. The van der Waals surface area contributed by atoms with Crippen LogP contribution < -0.4 is 5.32 Å². The van der Waals surface area contributed by atoms with Crippen molar-refractivity contribution < 1.29 is 17.6 Å². The number of amides is 1. The van der Waals surface area contributed by atoms with Gasteiger partial charge >= 0.3 is 0 Å². The molecule has 1 aromatic carbocycles. The monoisotopic (exact) mass is 259 g/mol. The van der Waals surface area contributed by atoms with Gasteiger partial charge in [-0.15, -0.1) is 0 Å². The highest BCUT2D eigenvalue weighted by molar-refractivity contribution is 7.92.